The van der Waals surface area contributed by atoms with Crippen LogP contribution in [0, 0.1) is 0 Å². The predicted molar refractivity (Wildman–Crippen MR) is 62.7 cm³/mol. The Labute approximate surface area is 84.2 Å². The SMILES string of the molecule is C.CO[Si](C)(S)CCCI. The van der Waals surface area contributed by atoms with E-state index in [2.05, 4.69) is 41.2 Å². The summed E-state index contributed by atoms with van der Waals surface area (Å²) in [6.07, 6.45) is 1.24. The van der Waals surface area contributed by atoms with Crippen LogP contribution in [0.2, 0.25) is 12.6 Å². The van der Waals surface area contributed by atoms with Gasteiger partial charge in [0.1, 0.15) is 0 Å². The van der Waals surface area contributed by atoms with Crippen molar-refractivity contribution in [1.29, 1.82) is 0 Å². The third-order valence-corrected chi connectivity index (χ3v) is 5.36. The second-order valence-corrected chi connectivity index (χ2v) is 9.35. The van der Waals surface area contributed by atoms with Crippen molar-refractivity contribution in [1.82, 2.24) is 0 Å². The lowest BCUT2D eigenvalue weighted by molar-refractivity contribution is 0.417. The van der Waals surface area contributed by atoms with E-state index in [-0.39, 0.29) is 7.43 Å². The molecule has 0 spiro atoms. The highest BCUT2D eigenvalue weighted by Gasteiger charge is 2.20. The molecule has 0 aromatic carbocycles. The largest absolute Gasteiger partial charge is 0.410 e. The summed E-state index contributed by atoms with van der Waals surface area (Å²) in [5.74, 6) is 0. The molecule has 1 unspecified atom stereocenters. The van der Waals surface area contributed by atoms with Gasteiger partial charge in [-0.1, -0.05) is 30.0 Å². The Morgan fingerprint density at radius 2 is 2.10 bits per heavy atom. The maximum atomic E-state index is 5.24. The molecule has 0 bridgehead atoms. The molecule has 0 aromatic heterocycles. The minimum atomic E-state index is -1.51. The highest BCUT2D eigenvalue weighted by molar-refractivity contribution is 14.1. The molecule has 0 N–H and O–H groups in total. The lowest BCUT2D eigenvalue weighted by atomic mass is 10.6. The van der Waals surface area contributed by atoms with E-state index in [1.807, 2.05) is 0 Å². The average Bonchev–Trinajstić information content (AvgIpc) is 1.84. The van der Waals surface area contributed by atoms with Crippen LogP contribution in [0.5, 0.6) is 0 Å². The third-order valence-electron chi connectivity index (χ3n) is 1.21. The van der Waals surface area contributed by atoms with Crippen molar-refractivity contribution in [2.45, 2.75) is 26.4 Å². The minimum Gasteiger partial charge on any atom is -0.410 e. The lowest BCUT2D eigenvalue weighted by Crippen LogP contribution is -2.25. The van der Waals surface area contributed by atoms with Crippen molar-refractivity contribution in [3.63, 3.8) is 0 Å². The third kappa shape index (κ3) is 7.36. The van der Waals surface area contributed by atoms with Gasteiger partial charge < -0.3 is 4.43 Å². The van der Waals surface area contributed by atoms with E-state index in [1.54, 1.807) is 7.11 Å². The van der Waals surface area contributed by atoms with E-state index < -0.39 is 7.47 Å². The van der Waals surface area contributed by atoms with Gasteiger partial charge in [-0.05, 0) is 23.4 Å². The van der Waals surface area contributed by atoms with E-state index in [0.29, 0.717) is 0 Å². The molecule has 0 fully saturated rings. The summed E-state index contributed by atoms with van der Waals surface area (Å²) >= 11 is 6.81. The first-order valence-corrected chi connectivity index (χ1v) is 8.39. The fourth-order valence-corrected chi connectivity index (χ4v) is 3.11. The van der Waals surface area contributed by atoms with E-state index >= 15 is 0 Å². The minimum absolute atomic E-state index is 0. The van der Waals surface area contributed by atoms with Crippen LogP contribution in [-0.4, -0.2) is 19.0 Å². The number of hydrogen-bond acceptors (Lipinski definition) is 2. The normalized spacial score (nSPS) is 15.6. The molecule has 10 heavy (non-hydrogen) atoms. The van der Waals surface area contributed by atoms with Crippen LogP contribution in [0.4, 0.5) is 0 Å². The number of alkyl halides is 1. The summed E-state index contributed by atoms with van der Waals surface area (Å²) in [6.45, 7) is 2.13. The molecule has 0 aliphatic rings. The van der Waals surface area contributed by atoms with E-state index in [1.165, 1.54) is 10.8 Å². The van der Waals surface area contributed by atoms with Gasteiger partial charge in [-0.25, -0.2) is 0 Å². The maximum absolute atomic E-state index is 5.24. The standard InChI is InChI=1S/C5H13IOSSi.CH4/c1-7-9(2,8)5-3-4-6;/h8H,3-5H2,1-2H3;1H4. The second kappa shape index (κ2) is 6.94. The molecule has 0 saturated carbocycles. The topological polar surface area (TPSA) is 9.23 Å². The first kappa shape index (κ1) is 13.8. The Bertz CT molecular complexity index is 80.1. The number of thiol groups is 1. The Balaban J connectivity index is 0. The van der Waals surface area contributed by atoms with E-state index in [9.17, 15) is 0 Å². The van der Waals surface area contributed by atoms with Crippen LogP contribution in [0.15, 0.2) is 0 Å². The summed E-state index contributed by atoms with van der Waals surface area (Å²) in [5, 5.41) is 0. The van der Waals surface area contributed by atoms with Crippen LogP contribution in [0.3, 0.4) is 0 Å². The van der Waals surface area contributed by atoms with Crippen LogP contribution < -0.4 is 0 Å². The van der Waals surface area contributed by atoms with Crippen LogP contribution in [0.1, 0.15) is 13.8 Å². The van der Waals surface area contributed by atoms with Crippen molar-refractivity contribution in [3.8, 4) is 0 Å². The van der Waals surface area contributed by atoms with Crippen LogP contribution >= 0.6 is 34.7 Å². The van der Waals surface area contributed by atoms with Gasteiger partial charge in [-0.3, -0.25) is 0 Å². The van der Waals surface area contributed by atoms with Crippen LogP contribution in [0.25, 0.3) is 0 Å². The predicted octanol–water partition coefficient (Wildman–Crippen LogP) is 3.10. The number of hydrogen-bond donors (Lipinski definition) is 1. The zero-order valence-electron chi connectivity index (χ0n) is 5.85. The molecule has 0 aliphatic carbocycles. The summed E-state index contributed by atoms with van der Waals surface area (Å²) in [4.78, 5) is 0. The van der Waals surface area contributed by atoms with Crippen molar-refractivity contribution < 1.29 is 4.43 Å². The molecule has 0 saturated heterocycles. The van der Waals surface area contributed by atoms with Crippen molar-refractivity contribution >= 4 is 42.1 Å². The monoisotopic (exact) mass is 292 g/mol. The molecular formula is C6H17IOSSi. The van der Waals surface area contributed by atoms with Gasteiger partial charge in [0.2, 0.25) is 7.47 Å². The highest BCUT2D eigenvalue weighted by Crippen LogP contribution is 2.17. The molecule has 0 heterocycles. The van der Waals surface area contributed by atoms with Crippen LogP contribution in [-0.2, 0) is 4.43 Å². The zero-order valence-corrected chi connectivity index (χ0v) is 9.91. The van der Waals surface area contributed by atoms with Gasteiger partial charge in [-0.2, -0.15) is 12.1 Å². The molecule has 0 rings (SSSR count). The number of rotatable bonds is 4. The fourth-order valence-electron chi connectivity index (χ4n) is 0.497. The molecule has 0 amide bonds. The summed E-state index contributed by atoms with van der Waals surface area (Å²) in [6, 6.07) is 1.16. The smallest absolute Gasteiger partial charge is 0.247 e. The maximum Gasteiger partial charge on any atom is 0.247 e. The van der Waals surface area contributed by atoms with Gasteiger partial charge >= 0.3 is 0 Å². The Morgan fingerprint density at radius 3 is 2.40 bits per heavy atom. The van der Waals surface area contributed by atoms with E-state index in [4.69, 9.17) is 4.43 Å². The van der Waals surface area contributed by atoms with Gasteiger partial charge in [-0.15, -0.1) is 0 Å². The molecule has 0 aliphatic heterocycles. The Hall–Kier alpha value is 1.26. The Morgan fingerprint density at radius 1 is 1.60 bits per heavy atom. The van der Waals surface area contributed by atoms with Gasteiger partial charge in [0.15, 0.2) is 0 Å². The first-order valence-electron chi connectivity index (χ1n) is 2.96. The second-order valence-electron chi connectivity index (χ2n) is 2.17. The average molecular weight is 292 g/mol. The van der Waals surface area contributed by atoms with Crippen molar-refractivity contribution in [2.75, 3.05) is 11.5 Å². The Kier molecular flexibility index (Phi) is 9.59. The molecule has 0 radical (unpaired) electrons. The zero-order chi connectivity index (χ0) is 7.33. The highest BCUT2D eigenvalue weighted by atomic mass is 127. The summed E-state index contributed by atoms with van der Waals surface area (Å²) in [7, 11) is 0.248. The molecule has 0 aromatic rings. The molecule has 64 valence electrons. The lowest BCUT2D eigenvalue weighted by Gasteiger charge is -2.16. The molecular weight excluding hydrogens is 275 g/mol. The fraction of sp³-hybridized carbons (Fsp3) is 1.00. The van der Waals surface area contributed by atoms with Gasteiger partial charge in [0.25, 0.3) is 0 Å². The molecule has 1 atom stereocenters. The van der Waals surface area contributed by atoms with Crippen molar-refractivity contribution in [3.05, 3.63) is 0 Å². The van der Waals surface area contributed by atoms with Gasteiger partial charge in [0, 0.05) is 7.11 Å². The summed E-state index contributed by atoms with van der Waals surface area (Å²) < 4.78 is 6.45. The van der Waals surface area contributed by atoms with Gasteiger partial charge in [0.05, 0.1) is 0 Å². The molecule has 4 heteroatoms. The quantitative estimate of drug-likeness (QED) is 0.362. The van der Waals surface area contributed by atoms with E-state index in [0.717, 1.165) is 6.04 Å². The summed E-state index contributed by atoms with van der Waals surface area (Å²) in [5.41, 5.74) is 0. The van der Waals surface area contributed by atoms with Crippen molar-refractivity contribution in [2.24, 2.45) is 0 Å². The number of halogens is 1. The molecule has 1 nitrogen and oxygen atoms in total. The first-order chi connectivity index (χ1) is 4.12.